The molecule has 266 valence electrons. The van der Waals surface area contributed by atoms with E-state index in [2.05, 4.69) is 35.2 Å². The molecule has 1 atom stereocenters. The van der Waals surface area contributed by atoms with E-state index >= 15 is 0 Å². The van der Waals surface area contributed by atoms with Crippen molar-refractivity contribution in [2.24, 2.45) is 5.92 Å². The van der Waals surface area contributed by atoms with Gasteiger partial charge >= 0.3 is 0 Å². The Kier molecular flexibility index (Phi) is 13.0. The molecular formula is C39H59N3O5S. The molecule has 1 saturated carbocycles. The number of amides is 1. The number of likely N-dealkylation sites (N-methyl/N-ethyl adjacent to an activating group) is 1. The van der Waals surface area contributed by atoms with Gasteiger partial charge in [-0.3, -0.25) is 9.69 Å². The van der Waals surface area contributed by atoms with Crippen molar-refractivity contribution in [2.75, 3.05) is 53.6 Å². The van der Waals surface area contributed by atoms with Crippen LogP contribution >= 0.6 is 0 Å². The maximum absolute atomic E-state index is 13.8. The van der Waals surface area contributed by atoms with Crippen LogP contribution in [0.4, 0.5) is 0 Å². The number of carbonyl (C=O) groups excluding carboxylic acids is 1. The molecule has 5 rings (SSSR count). The quantitative estimate of drug-likeness (QED) is 0.207. The fourth-order valence-electron chi connectivity index (χ4n) is 8.59. The molecule has 3 fully saturated rings. The molecule has 2 aromatic carbocycles. The van der Waals surface area contributed by atoms with Gasteiger partial charge in [-0.25, -0.2) is 8.42 Å². The van der Waals surface area contributed by atoms with E-state index in [9.17, 15) is 13.2 Å². The average Bonchev–Trinajstić information content (AvgIpc) is 3.64. The van der Waals surface area contributed by atoms with Crippen LogP contribution in [0.25, 0.3) is 0 Å². The van der Waals surface area contributed by atoms with Crippen molar-refractivity contribution in [3.05, 3.63) is 59.2 Å². The monoisotopic (exact) mass is 681 g/mol. The molecular weight excluding hydrogens is 623 g/mol. The zero-order valence-electron chi connectivity index (χ0n) is 29.9. The summed E-state index contributed by atoms with van der Waals surface area (Å²) in [4.78, 5) is 17.9. The van der Waals surface area contributed by atoms with Gasteiger partial charge < -0.3 is 14.4 Å². The Bertz CT molecular complexity index is 1410. The Morgan fingerprint density at radius 2 is 1.62 bits per heavy atom. The Balaban J connectivity index is 1.05. The Hall–Kier alpha value is -2.46. The molecule has 1 unspecified atom stereocenters. The molecule has 2 aromatic rings. The lowest BCUT2D eigenvalue weighted by Crippen LogP contribution is -2.50. The van der Waals surface area contributed by atoms with E-state index < -0.39 is 10.0 Å². The van der Waals surface area contributed by atoms with Gasteiger partial charge in [0.15, 0.2) is 0 Å². The van der Waals surface area contributed by atoms with Crippen molar-refractivity contribution >= 4 is 15.9 Å². The Labute approximate surface area is 290 Å². The van der Waals surface area contributed by atoms with Gasteiger partial charge in [0.2, 0.25) is 15.9 Å². The van der Waals surface area contributed by atoms with Crippen LogP contribution in [0.5, 0.6) is 5.75 Å². The molecule has 0 aromatic heterocycles. The van der Waals surface area contributed by atoms with Gasteiger partial charge in [0.1, 0.15) is 12.4 Å². The highest BCUT2D eigenvalue weighted by Gasteiger charge is 2.41. The molecule has 1 amide bonds. The Morgan fingerprint density at radius 3 is 2.29 bits per heavy atom. The van der Waals surface area contributed by atoms with Gasteiger partial charge in [0.05, 0.1) is 18.6 Å². The molecule has 48 heavy (non-hydrogen) atoms. The molecule has 8 nitrogen and oxygen atoms in total. The summed E-state index contributed by atoms with van der Waals surface area (Å²) >= 11 is 0. The molecule has 3 aliphatic rings. The number of methoxy groups -OCH3 is 1. The van der Waals surface area contributed by atoms with Crippen molar-refractivity contribution in [1.82, 2.24) is 14.1 Å². The van der Waals surface area contributed by atoms with E-state index in [1.807, 2.05) is 20.9 Å². The van der Waals surface area contributed by atoms with Crippen LogP contribution in [-0.2, 0) is 26.0 Å². The summed E-state index contributed by atoms with van der Waals surface area (Å²) in [7, 11) is -0.268. The smallest absolute Gasteiger partial charge is 0.248 e. The van der Waals surface area contributed by atoms with Gasteiger partial charge in [-0.05, 0) is 139 Å². The lowest BCUT2D eigenvalue weighted by molar-refractivity contribution is -0.135. The minimum absolute atomic E-state index is 0.0231. The van der Waals surface area contributed by atoms with E-state index in [1.54, 1.807) is 28.4 Å². The summed E-state index contributed by atoms with van der Waals surface area (Å²) in [5.74, 6) is 1.34. The van der Waals surface area contributed by atoms with Crippen molar-refractivity contribution in [3.63, 3.8) is 0 Å². The van der Waals surface area contributed by atoms with Crippen molar-refractivity contribution in [1.29, 1.82) is 0 Å². The second-order valence-corrected chi connectivity index (χ2v) is 16.5. The standard InChI is InChI=1S/C39H59N3O5S/c1-31-27-36(46-4)28-32(2)38(31)48(44,45)42-26-9-8-16-35(42)29-47-30-37(43)40(3)23-12-15-34-18-21-39(22-19-34,41-24-10-11-25-41)20-17-33-13-6-5-7-14-33/h5-7,13-14,27-28,34-35H,8-12,15-26,29-30H2,1-4H3. The first-order valence-electron chi connectivity index (χ1n) is 18.4. The third kappa shape index (κ3) is 9.01. The molecule has 0 spiro atoms. The topological polar surface area (TPSA) is 79.4 Å². The fraction of sp³-hybridized carbons (Fsp3) is 0.667. The maximum Gasteiger partial charge on any atom is 0.248 e. The SMILES string of the molecule is COc1cc(C)c(S(=O)(=O)N2CCCCC2COCC(=O)N(C)CCCC2CCC(CCc3ccccc3)(N3CCCC3)CC2)c(C)c1. The van der Waals surface area contributed by atoms with Crippen molar-refractivity contribution < 1.29 is 22.7 Å². The van der Waals surface area contributed by atoms with Crippen LogP contribution in [-0.4, -0.2) is 93.6 Å². The minimum atomic E-state index is -3.72. The second-order valence-electron chi connectivity index (χ2n) is 14.7. The number of hydrogen-bond donors (Lipinski definition) is 0. The number of likely N-dealkylation sites (tertiary alicyclic amines) is 1. The molecule has 0 N–H and O–H groups in total. The van der Waals surface area contributed by atoms with E-state index in [4.69, 9.17) is 9.47 Å². The van der Waals surface area contributed by atoms with Crippen molar-refractivity contribution in [3.8, 4) is 5.75 Å². The van der Waals surface area contributed by atoms with Crippen LogP contribution in [0, 0.1) is 19.8 Å². The number of piperidine rings is 1. The first-order valence-corrected chi connectivity index (χ1v) is 19.8. The third-order valence-electron chi connectivity index (χ3n) is 11.4. The highest BCUT2D eigenvalue weighted by Crippen LogP contribution is 2.42. The van der Waals surface area contributed by atoms with Gasteiger partial charge in [-0.15, -0.1) is 0 Å². The Morgan fingerprint density at radius 1 is 0.958 bits per heavy atom. The second kappa shape index (κ2) is 17.0. The number of benzene rings is 2. The molecule has 9 heteroatoms. The first kappa shape index (κ1) is 36.8. The van der Waals surface area contributed by atoms with E-state index in [-0.39, 0.29) is 25.2 Å². The molecule has 0 bridgehead atoms. The fourth-order valence-corrected chi connectivity index (χ4v) is 10.7. The van der Waals surface area contributed by atoms with Crippen molar-refractivity contribution in [2.45, 2.75) is 114 Å². The molecule has 1 aliphatic carbocycles. The van der Waals surface area contributed by atoms with E-state index in [0.717, 1.165) is 51.0 Å². The van der Waals surface area contributed by atoms with E-state index in [1.165, 1.54) is 63.6 Å². The zero-order chi connectivity index (χ0) is 34.1. The van der Waals surface area contributed by atoms with Crippen LogP contribution < -0.4 is 4.74 Å². The molecule has 2 aliphatic heterocycles. The highest BCUT2D eigenvalue weighted by molar-refractivity contribution is 7.89. The lowest BCUT2D eigenvalue weighted by Gasteiger charge is -2.47. The molecule has 0 radical (unpaired) electrons. The van der Waals surface area contributed by atoms with Gasteiger partial charge in [0.25, 0.3) is 0 Å². The van der Waals surface area contributed by atoms with Gasteiger partial charge in [-0.2, -0.15) is 4.31 Å². The molecule has 2 heterocycles. The van der Waals surface area contributed by atoms with E-state index in [0.29, 0.717) is 33.9 Å². The summed E-state index contributed by atoms with van der Waals surface area (Å²) in [6, 6.07) is 14.2. The number of sulfonamides is 1. The summed E-state index contributed by atoms with van der Waals surface area (Å²) in [6.45, 7) is 7.52. The highest BCUT2D eigenvalue weighted by atomic mass is 32.2. The largest absolute Gasteiger partial charge is 0.497 e. The summed E-state index contributed by atoms with van der Waals surface area (Å²) in [5.41, 5.74) is 3.16. The number of nitrogens with zero attached hydrogens (tertiary/aromatic N) is 3. The predicted molar refractivity (Wildman–Crippen MR) is 192 cm³/mol. The zero-order valence-corrected chi connectivity index (χ0v) is 30.7. The summed E-state index contributed by atoms with van der Waals surface area (Å²) in [6.07, 6.45) is 14.9. The van der Waals surface area contributed by atoms with Crippen LogP contribution in [0.3, 0.4) is 0 Å². The molecule has 2 saturated heterocycles. The lowest BCUT2D eigenvalue weighted by atomic mass is 9.71. The number of aryl methyl sites for hydroxylation is 3. The van der Waals surface area contributed by atoms with Crippen LogP contribution in [0.2, 0.25) is 0 Å². The average molecular weight is 682 g/mol. The predicted octanol–water partition coefficient (Wildman–Crippen LogP) is 6.77. The number of ether oxygens (including phenoxy) is 2. The third-order valence-corrected chi connectivity index (χ3v) is 13.7. The number of rotatable bonds is 15. The summed E-state index contributed by atoms with van der Waals surface area (Å²) < 4.78 is 40.5. The first-order chi connectivity index (χ1) is 23.1. The van der Waals surface area contributed by atoms with Gasteiger partial charge in [-0.1, -0.05) is 36.8 Å². The normalized spacial score (nSPS) is 24.1. The van der Waals surface area contributed by atoms with Gasteiger partial charge in [0, 0.05) is 31.7 Å². The number of hydrogen-bond acceptors (Lipinski definition) is 6. The van der Waals surface area contributed by atoms with Crippen LogP contribution in [0.1, 0.15) is 93.7 Å². The summed E-state index contributed by atoms with van der Waals surface area (Å²) in [5, 5.41) is 0. The number of carbonyl (C=O) groups is 1. The van der Waals surface area contributed by atoms with Crippen LogP contribution in [0.15, 0.2) is 47.4 Å². The minimum Gasteiger partial charge on any atom is -0.497 e. The maximum atomic E-state index is 13.8.